The van der Waals surface area contributed by atoms with Crippen LogP contribution in [0.2, 0.25) is 0 Å². The summed E-state index contributed by atoms with van der Waals surface area (Å²) in [6.45, 7) is 5.49. The number of hydrogen-bond acceptors (Lipinski definition) is 3. The molecule has 0 aromatic heterocycles. The molecule has 0 bridgehead atoms. The lowest BCUT2D eigenvalue weighted by atomic mass is 10.3. The molecule has 0 rings (SSSR count). The van der Waals surface area contributed by atoms with Crippen molar-refractivity contribution >= 4 is 5.91 Å². The summed E-state index contributed by atoms with van der Waals surface area (Å²) in [6, 6.07) is 0. The third kappa shape index (κ3) is 9.04. The molecular weight excluding hydrogens is 168 g/mol. The van der Waals surface area contributed by atoms with Gasteiger partial charge in [0.2, 0.25) is 5.91 Å². The largest absolute Gasteiger partial charge is 0.370 e. The van der Waals surface area contributed by atoms with Crippen LogP contribution in [0.1, 0.15) is 13.8 Å². The second-order valence-corrected chi connectivity index (χ2v) is 2.93. The molecule has 0 saturated carbocycles. The molecule has 0 saturated heterocycles. The van der Waals surface area contributed by atoms with Crippen molar-refractivity contribution in [2.75, 3.05) is 26.3 Å². The molecule has 3 N–H and O–H groups in total. The first-order valence-corrected chi connectivity index (χ1v) is 4.34. The number of carbonyl (C=O) groups excluding carboxylic acids is 1. The lowest BCUT2D eigenvalue weighted by Gasteiger charge is -2.02. The summed E-state index contributed by atoms with van der Waals surface area (Å²) in [6.07, 6.45) is 1.95. The zero-order valence-electron chi connectivity index (χ0n) is 8.30. The minimum absolute atomic E-state index is 0.0911. The van der Waals surface area contributed by atoms with Crippen LogP contribution >= 0.6 is 0 Å². The molecule has 76 valence electrons. The van der Waals surface area contributed by atoms with Crippen molar-refractivity contribution < 1.29 is 9.53 Å². The van der Waals surface area contributed by atoms with E-state index in [4.69, 9.17) is 10.5 Å². The molecule has 0 heterocycles. The molecule has 4 heteroatoms. The Morgan fingerprint density at radius 3 is 2.77 bits per heavy atom. The van der Waals surface area contributed by atoms with Gasteiger partial charge in [-0.3, -0.25) is 4.79 Å². The van der Waals surface area contributed by atoms with Gasteiger partial charge in [0.05, 0.1) is 6.61 Å². The van der Waals surface area contributed by atoms with Gasteiger partial charge in [-0.05, 0) is 13.8 Å². The predicted octanol–water partition coefficient (Wildman–Crippen LogP) is 0.0441. The van der Waals surface area contributed by atoms with Crippen LogP contribution in [-0.4, -0.2) is 32.2 Å². The van der Waals surface area contributed by atoms with Crippen molar-refractivity contribution in [1.29, 1.82) is 0 Å². The van der Waals surface area contributed by atoms with E-state index in [2.05, 4.69) is 5.32 Å². The quantitative estimate of drug-likeness (QED) is 0.455. The zero-order valence-corrected chi connectivity index (χ0v) is 8.30. The number of allylic oxidation sites excluding steroid dienone is 1. The Morgan fingerprint density at radius 2 is 2.23 bits per heavy atom. The van der Waals surface area contributed by atoms with E-state index in [1.165, 1.54) is 5.57 Å². The number of hydrogen-bond donors (Lipinski definition) is 2. The molecule has 0 aromatic carbocycles. The number of nitrogens with two attached hydrogens (primary N) is 1. The Balaban J connectivity index is 3.36. The van der Waals surface area contributed by atoms with Crippen molar-refractivity contribution in [3.8, 4) is 0 Å². The van der Waals surface area contributed by atoms with E-state index in [1.807, 2.05) is 19.9 Å². The van der Waals surface area contributed by atoms with Crippen molar-refractivity contribution in [2.24, 2.45) is 5.73 Å². The molecule has 0 atom stereocenters. The number of carbonyl (C=O) groups is 1. The minimum atomic E-state index is -0.106. The van der Waals surface area contributed by atoms with E-state index in [1.54, 1.807) is 0 Å². The van der Waals surface area contributed by atoms with Crippen LogP contribution in [-0.2, 0) is 9.53 Å². The second kappa shape index (κ2) is 7.76. The maximum Gasteiger partial charge on any atom is 0.246 e. The second-order valence-electron chi connectivity index (χ2n) is 2.93. The summed E-state index contributed by atoms with van der Waals surface area (Å²) in [5.74, 6) is -0.106. The predicted molar refractivity (Wildman–Crippen MR) is 52.3 cm³/mol. The molecule has 0 aromatic rings. The Bertz CT molecular complexity index is 174. The molecule has 0 unspecified atom stereocenters. The fraction of sp³-hybridized carbons (Fsp3) is 0.667. The van der Waals surface area contributed by atoms with E-state index < -0.39 is 0 Å². The van der Waals surface area contributed by atoms with Gasteiger partial charge in [-0.15, -0.1) is 0 Å². The summed E-state index contributed by atoms with van der Waals surface area (Å²) in [7, 11) is 0. The maximum absolute atomic E-state index is 11.0. The van der Waals surface area contributed by atoms with Crippen LogP contribution in [0.25, 0.3) is 0 Å². The smallest absolute Gasteiger partial charge is 0.246 e. The van der Waals surface area contributed by atoms with Crippen LogP contribution in [0.15, 0.2) is 11.6 Å². The van der Waals surface area contributed by atoms with E-state index in [0.29, 0.717) is 19.7 Å². The first kappa shape index (κ1) is 12.1. The summed E-state index contributed by atoms with van der Waals surface area (Å²) >= 11 is 0. The van der Waals surface area contributed by atoms with E-state index in [-0.39, 0.29) is 12.5 Å². The Labute approximate surface area is 79.1 Å². The van der Waals surface area contributed by atoms with E-state index in [9.17, 15) is 4.79 Å². The molecule has 1 amide bonds. The first-order valence-electron chi connectivity index (χ1n) is 4.34. The Morgan fingerprint density at radius 1 is 1.54 bits per heavy atom. The van der Waals surface area contributed by atoms with Crippen molar-refractivity contribution in [3.05, 3.63) is 11.6 Å². The van der Waals surface area contributed by atoms with Crippen LogP contribution in [0.4, 0.5) is 0 Å². The third-order valence-electron chi connectivity index (χ3n) is 1.30. The monoisotopic (exact) mass is 186 g/mol. The van der Waals surface area contributed by atoms with Gasteiger partial charge in [-0.25, -0.2) is 0 Å². The SMILES string of the molecule is CC(C)=CCNC(=O)COCCN. The molecule has 0 fully saturated rings. The Kier molecular flexibility index (Phi) is 7.24. The number of rotatable bonds is 6. The topological polar surface area (TPSA) is 64.3 Å². The summed E-state index contributed by atoms with van der Waals surface area (Å²) in [5, 5.41) is 2.69. The highest BCUT2D eigenvalue weighted by Crippen LogP contribution is 1.85. The molecule has 0 spiro atoms. The normalized spacial score (nSPS) is 9.46. The maximum atomic E-state index is 11.0. The van der Waals surface area contributed by atoms with Gasteiger partial charge in [0.1, 0.15) is 6.61 Å². The molecule has 13 heavy (non-hydrogen) atoms. The van der Waals surface area contributed by atoms with Gasteiger partial charge in [-0.2, -0.15) is 0 Å². The lowest BCUT2D eigenvalue weighted by molar-refractivity contribution is -0.125. The standard InChI is InChI=1S/C9H18N2O2/c1-8(2)3-5-11-9(12)7-13-6-4-10/h3H,4-7,10H2,1-2H3,(H,11,12). The highest BCUT2D eigenvalue weighted by atomic mass is 16.5. The van der Waals surface area contributed by atoms with Crippen LogP contribution < -0.4 is 11.1 Å². The highest BCUT2D eigenvalue weighted by Gasteiger charge is 1.97. The van der Waals surface area contributed by atoms with Gasteiger partial charge in [-0.1, -0.05) is 11.6 Å². The number of ether oxygens (including phenoxy) is 1. The van der Waals surface area contributed by atoms with Crippen LogP contribution in [0.3, 0.4) is 0 Å². The molecule has 0 aliphatic rings. The Hall–Kier alpha value is -0.870. The fourth-order valence-electron chi connectivity index (χ4n) is 0.668. The van der Waals surface area contributed by atoms with Gasteiger partial charge >= 0.3 is 0 Å². The van der Waals surface area contributed by atoms with Crippen LogP contribution in [0, 0.1) is 0 Å². The van der Waals surface area contributed by atoms with Gasteiger partial charge < -0.3 is 15.8 Å². The van der Waals surface area contributed by atoms with E-state index in [0.717, 1.165) is 0 Å². The summed E-state index contributed by atoms with van der Waals surface area (Å²) in [4.78, 5) is 11.0. The molecule has 0 aliphatic carbocycles. The van der Waals surface area contributed by atoms with Crippen molar-refractivity contribution in [1.82, 2.24) is 5.32 Å². The lowest BCUT2D eigenvalue weighted by Crippen LogP contribution is -2.28. The molecule has 0 aliphatic heterocycles. The molecular formula is C9H18N2O2. The molecule has 0 radical (unpaired) electrons. The van der Waals surface area contributed by atoms with Crippen molar-refractivity contribution in [3.63, 3.8) is 0 Å². The average molecular weight is 186 g/mol. The fourth-order valence-corrected chi connectivity index (χ4v) is 0.668. The van der Waals surface area contributed by atoms with Crippen LogP contribution in [0.5, 0.6) is 0 Å². The summed E-state index contributed by atoms with van der Waals surface area (Å²) in [5.41, 5.74) is 6.37. The number of nitrogens with one attached hydrogen (secondary N) is 1. The summed E-state index contributed by atoms with van der Waals surface area (Å²) < 4.78 is 4.94. The molecule has 4 nitrogen and oxygen atoms in total. The first-order chi connectivity index (χ1) is 6.16. The van der Waals surface area contributed by atoms with Gasteiger partial charge in [0.15, 0.2) is 0 Å². The minimum Gasteiger partial charge on any atom is -0.370 e. The number of amides is 1. The van der Waals surface area contributed by atoms with E-state index >= 15 is 0 Å². The zero-order chi connectivity index (χ0) is 10.1. The highest BCUT2D eigenvalue weighted by molar-refractivity contribution is 5.77. The van der Waals surface area contributed by atoms with Crippen molar-refractivity contribution in [2.45, 2.75) is 13.8 Å². The third-order valence-corrected chi connectivity index (χ3v) is 1.30. The van der Waals surface area contributed by atoms with Gasteiger partial charge in [0.25, 0.3) is 0 Å². The van der Waals surface area contributed by atoms with Gasteiger partial charge in [0, 0.05) is 13.1 Å². The average Bonchev–Trinajstić information content (AvgIpc) is 2.04.